The summed E-state index contributed by atoms with van der Waals surface area (Å²) in [6.07, 6.45) is 2.11. The average Bonchev–Trinajstić information content (AvgIpc) is 2.74. The number of hydrogen-bond donors (Lipinski definition) is 0. The van der Waals surface area contributed by atoms with E-state index in [4.69, 9.17) is 0 Å². The van der Waals surface area contributed by atoms with Gasteiger partial charge in [-0.1, -0.05) is 65.5 Å². The van der Waals surface area contributed by atoms with Gasteiger partial charge in [0, 0.05) is 32.7 Å². The number of rotatable bonds is 2. The van der Waals surface area contributed by atoms with Gasteiger partial charge in [-0.15, -0.1) is 29.7 Å². The quantitative estimate of drug-likeness (QED) is 0.229. The molecule has 0 saturated heterocycles. The molecule has 1 aromatic heterocycles. The molecule has 29 heavy (non-hydrogen) atoms. The average molecular weight is 447 g/mol. The van der Waals surface area contributed by atoms with E-state index in [1.54, 1.807) is 0 Å². The molecule has 4 aromatic carbocycles. The van der Waals surface area contributed by atoms with Gasteiger partial charge >= 0.3 is 0 Å². The van der Waals surface area contributed by atoms with Crippen molar-refractivity contribution in [2.45, 2.75) is 6.92 Å². The fourth-order valence-electron chi connectivity index (χ4n) is 3.89. The normalized spacial score (nSPS) is 10.8. The van der Waals surface area contributed by atoms with Crippen molar-refractivity contribution in [1.29, 1.82) is 0 Å². The predicted octanol–water partition coefficient (Wildman–Crippen LogP) is 6.06. The van der Waals surface area contributed by atoms with Gasteiger partial charge in [0.15, 0.2) is 0 Å². The Hall–Kier alpha value is -2.35. The molecule has 0 N–H and O–H groups in total. The molecule has 0 atom stereocenters. The van der Waals surface area contributed by atoms with Crippen LogP contribution in [-0.2, 0) is 39.8 Å². The Labute approximate surface area is 196 Å². The van der Waals surface area contributed by atoms with Crippen molar-refractivity contribution < 1.29 is 37.3 Å². The maximum Gasteiger partial charge on any atom is 0.136 e. The SMILES string of the molecule is Cc1c(-c2[c-]c(-c3[c-]c4ccccc4cc3)cc[n+]2C)ccc2ccccc12.[Y]. The molecule has 5 aromatic rings. The minimum absolute atomic E-state index is 0. The van der Waals surface area contributed by atoms with E-state index in [1.807, 2.05) is 0 Å². The number of aromatic nitrogens is 1. The van der Waals surface area contributed by atoms with Crippen LogP contribution in [-0.4, -0.2) is 0 Å². The Balaban J connectivity index is 0.00000205. The van der Waals surface area contributed by atoms with Gasteiger partial charge in [0.25, 0.3) is 0 Å². The number of fused-ring (bicyclic) bond motifs is 2. The standard InChI is InChI=1S/C27H20N.Y/c1-19-25-10-6-5-8-21(25)13-14-26(19)27-18-24(15-16-28(27)2)23-12-11-20-7-3-4-9-22(20)17-23;/h3-16H,1-2H3;/q-1;. The van der Waals surface area contributed by atoms with Crippen LogP contribution in [0.1, 0.15) is 5.56 Å². The van der Waals surface area contributed by atoms with Crippen molar-refractivity contribution in [3.8, 4) is 22.4 Å². The number of hydrogen-bond acceptors (Lipinski definition) is 0. The van der Waals surface area contributed by atoms with E-state index in [1.165, 1.54) is 27.3 Å². The van der Waals surface area contributed by atoms with Gasteiger partial charge in [-0.05, 0) is 23.3 Å². The zero-order valence-corrected chi connectivity index (χ0v) is 19.4. The van der Waals surface area contributed by atoms with Crippen LogP contribution < -0.4 is 4.57 Å². The summed E-state index contributed by atoms with van der Waals surface area (Å²) in [5, 5.41) is 4.89. The van der Waals surface area contributed by atoms with Crippen molar-refractivity contribution in [1.82, 2.24) is 0 Å². The molecule has 5 rings (SSSR count). The van der Waals surface area contributed by atoms with Crippen LogP contribution in [0.2, 0.25) is 0 Å². The molecule has 2 heteroatoms. The third-order valence-corrected chi connectivity index (χ3v) is 5.47. The fourth-order valence-corrected chi connectivity index (χ4v) is 3.89. The maximum atomic E-state index is 3.65. The summed E-state index contributed by atoms with van der Waals surface area (Å²) < 4.78 is 2.14. The molecule has 0 bridgehead atoms. The minimum Gasteiger partial charge on any atom is -0.227 e. The molecular formula is C27H20NY-. The van der Waals surface area contributed by atoms with Gasteiger partial charge in [-0.3, -0.25) is 0 Å². The van der Waals surface area contributed by atoms with Crippen molar-refractivity contribution in [3.63, 3.8) is 0 Å². The zero-order chi connectivity index (χ0) is 19.1. The first-order valence-corrected chi connectivity index (χ1v) is 9.53. The second-order valence-electron chi connectivity index (χ2n) is 7.23. The van der Waals surface area contributed by atoms with E-state index in [0.29, 0.717) is 0 Å². The van der Waals surface area contributed by atoms with E-state index in [0.717, 1.165) is 22.2 Å². The van der Waals surface area contributed by atoms with Crippen LogP contribution in [0.4, 0.5) is 0 Å². The molecule has 1 radical (unpaired) electrons. The van der Waals surface area contributed by atoms with E-state index in [2.05, 4.69) is 116 Å². The third-order valence-electron chi connectivity index (χ3n) is 5.47. The van der Waals surface area contributed by atoms with E-state index in [9.17, 15) is 0 Å². The van der Waals surface area contributed by atoms with E-state index >= 15 is 0 Å². The summed E-state index contributed by atoms with van der Waals surface area (Å²) in [6.45, 7) is 2.19. The molecule has 1 nitrogen and oxygen atoms in total. The molecule has 0 saturated carbocycles. The van der Waals surface area contributed by atoms with Gasteiger partial charge in [0.2, 0.25) is 0 Å². The minimum atomic E-state index is 0. The molecule has 0 aliphatic carbocycles. The molecular weight excluding hydrogens is 427 g/mol. The Morgan fingerprint density at radius 3 is 2.24 bits per heavy atom. The Kier molecular flexibility index (Phi) is 5.63. The van der Waals surface area contributed by atoms with E-state index in [-0.39, 0.29) is 32.7 Å². The molecule has 0 fully saturated rings. The fraction of sp³-hybridized carbons (Fsp3) is 0.0741. The Morgan fingerprint density at radius 2 is 1.38 bits per heavy atom. The summed E-state index contributed by atoms with van der Waals surface area (Å²) in [5.74, 6) is 0. The molecule has 0 amide bonds. The van der Waals surface area contributed by atoms with Gasteiger partial charge in [-0.25, -0.2) is 4.57 Å². The summed E-state index contributed by atoms with van der Waals surface area (Å²) in [6, 6.07) is 34.9. The molecule has 0 unspecified atom stereocenters. The Bertz CT molecular complexity index is 1340. The molecule has 0 spiro atoms. The zero-order valence-electron chi connectivity index (χ0n) is 16.6. The predicted molar refractivity (Wildman–Crippen MR) is 116 cm³/mol. The van der Waals surface area contributed by atoms with Gasteiger partial charge < -0.3 is 0 Å². The topological polar surface area (TPSA) is 3.88 Å². The second-order valence-corrected chi connectivity index (χ2v) is 7.23. The largest absolute Gasteiger partial charge is 0.227 e. The van der Waals surface area contributed by atoms with Gasteiger partial charge in [0.05, 0.1) is 0 Å². The summed E-state index contributed by atoms with van der Waals surface area (Å²) in [4.78, 5) is 0. The van der Waals surface area contributed by atoms with Gasteiger partial charge in [0.1, 0.15) is 18.9 Å². The number of nitrogens with zero attached hydrogens (tertiary/aromatic N) is 1. The number of aryl methyl sites for hydroxylation is 2. The molecule has 0 aliphatic rings. The van der Waals surface area contributed by atoms with Crippen molar-refractivity contribution in [2.24, 2.45) is 7.05 Å². The second kappa shape index (κ2) is 8.18. The van der Waals surface area contributed by atoms with Crippen molar-refractivity contribution >= 4 is 21.5 Å². The smallest absolute Gasteiger partial charge is 0.136 e. The van der Waals surface area contributed by atoms with E-state index < -0.39 is 0 Å². The first-order chi connectivity index (χ1) is 13.7. The summed E-state index contributed by atoms with van der Waals surface area (Å²) in [5.41, 5.74) is 5.71. The maximum absolute atomic E-state index is 3.65. The number of pyridine rings is 1. The van der Waals surface area contributed by atoms with Crippen molar-refractivity contribution in [3.05, 3.63) is 103 Å². The first-order valence-electron chi connectivity index (χ1n) is 9.53. The van der Waals surface area contributed by atoms with Crippen molar-refractivity contribution in [2.75, 3.05) is 0 Å². The monoisotopic (exact) mass is 447 g/mol. The van der Waals surface area contributed by atoms with Gasteiger partial charge in [-0.2, -0.15) is 23.3 Å². The molecule has 0 aliphatic heterocycles. The van der Waals surface area contributed by atoms with Crippen LogP contribution in [0.5, 0.6) is 0 Å². The third kappa shape index (κ3) is 3.66. The van der Waals surface area contributed by atoms with Crippen LogP contribution >= 0.6 is 0 Å². The van der Waals surface area contributed by atoms with Crippen LogP contribution in [0.25, 0.3) is 43.9 Å². The molecule has 1 heterocycles. The molecule has 137 valence electrons. The Morgan fingerprint density at radius 1 is 0.690 bits per heavy atom. The number of benzene rings is 4. The van der Waals surface area contributed by atoms with Crippen LogP contribution in [0, 0.1) is 19.1 Å². The van der Waals surface area contributed by atoms with Crippen LogP contribution in [0.15, 0.2) is 85.1 Å². The summed E-state index contributed by atoms with van der Waals surface area (Å²) >= 11 is 0. The summed E-state index contributed by atoms with van der Waals surface area (Å²) in [7, 11) is 2.08. The first kappa shape index (κ1) is 19.9. The van der Waals surface area contributed by atoms with Crippen LogP contribution in [0.3, 0.4) is 0 Å².